The molecule has 0 bridgehead atoms. The second-order valence-electron chi connectivity index (χ2n) is 8.52. The summed E-state index contributed by atoms with van der Waals surface area (Å²) in [6.45, 7) is 7.46. The normalized spacial score (nSPS) is 18.4. The van der Waals surface area contributed by atoms with E-state index >= 15 is 0 Å². The molecule has 0 aromatic carbocycles. The Bertz CT molecular complexity index is 1210. The van der Waals surface area contributed by atoms with Gasteiger partial charge in [0.25, 0.3) is 5.91 Å². The van der Waals surface area contributed by atoms with Gasteiger partial charge in [-0.05, 0) is 25.7 Å². The molecular formula is C22H29ClN8O3S. The third-order valence-corrected chi connectivity index (χ3v) is 7.78. The number of aromatic nitrogens is 5. The number of aryl methyl sites for hydroxylation is 1. The highest BCUT2D eigenvalue weighted by atomic mass is 35.5. The maximum atomic E-state index is 13.0. The Morgan fingerprint density at radius 3 is 2.71 bits per heavy atom. The van der Waals surface area contributed by atoms with Gasteiger partial charge in [0.15, 0.2) is 21.8 Å². The number of anilines is 1. The highest BCUT2D eigenvalue weighted by Gasteiger charge is 2.33. The first kappa shape index (κ1) is 25.3. The summed E-state index contributed by atoms with van der Waals surface area (Å²) in [4.78, 5) is 38.4. The van der Waals surface area contributed by atoms with E-state index in [1.165, 1.54) is 17.5 Å². The molecule has 2 atom stereocenters. The molecule has 4 N–H and O–H groups in total. The summed E-state index contributed by atoms with van der Waals surface area (Å²) < 4.78 is 0.504. The number of carbonyl (C=O) groups excluding carboxylic acids is 1. The second-order valence-corrected chi connectivity index (χ2v) is 9.85. The van der Waals surface area contributed by atoms with Crippen molar-refractivity contribution in [2.24, 2.45) is 0 Å². The molecule has 1 aliphatic heterocycles. The van der Waals surface area contributed by atoms with E-state index in [9.17, 15) is 14.7 Å². The topological polar surface area (TPSA) is 149 Å². The van der Waals surface area contributed by atoms with Crippen molar-refractivity contribution in [2.45, 2.75) is 64.6 Å². The zero-order chi connectivity index (χ0) is 25.1. The third-order valence-electron chi connectivity index (χ3n) is 6.33. The minimum Gasteiger partial charge on any atom is -0.476 e. The zero-order valence-electron chi connectivity index (χ0n) is 19.8. The van der Waals surface area contributed by atoms with Crippen LogP contribution in [0.5, 0.6) is 0 Å². The molecule has 3 aromatic heterocycles. The number of amides is 1. The van der Waals surface area contributed by atoms with Crippen LogP contribution in [0, 0.1) is 0 Å². The number of carboxylic acid groups (broad SMARTS) is 1. The van der Waals surface area contributed by atoms with Crippen LogP contribution in [0.1, 0.15) is 66.8 Å². The van der Waals surface area contributed by atoms with Gasteiger partial charge in [0.1, 0.15) is 5.52 Å². The minimum atomic E-state index is -1.13. The van der Waals surface area contributed by atoms with Crippen molar-refractivity contribution < 1.29 is 14.7 Å². The summed E-state index contributed by atoms with van der Waals surface area (Å²) in [5, 5.41) is 24.8. The van der Waals surface area contributed by atoms with Gasteiger partial charge in [-0.2, -0.15) is 5.10 Å². The number of carboxylic acids is 1. The predicted molar refractivity (Wildman–Crippen MR) is 135 cm³/mol. The summed E-state index contributed by atoms with van der Waals surface area (Å²) in [5.74, 6) is -1.20. The molecule has 4 heterocycles. The first-order chi connectivity index (χ1) is 16.8. The number of thiazole rings is 1. The molecule has 1 amide bonds. The summed E-state index contributed by atoms with van der Waals surface area (Å²) in [5.41, 5.74) is 1.15. The van der Waals surface area contributed by atoms with E-state index in [0.29, 0.717) is 52.5 Å². The number of rotatable bonds is 9. The fraction of sp³-hybridized carbons (Fsp3) is 0.545. The van der Waals surface area contributed by atoms with Gasteiger partial charge >= 0.3 is 5.97 Å². The number of nitrogens with zero attached hydrogens (tertiary/aromatic N) is 5. The number of halogens is 1. The van der Waals surface area contributed by atoms with Crippen molar-refractivity contribution in [1.82, 2.24) is 35.8 Å². The lowest BCUT2D eigenvalue weighted by molar-refractivity contribution is 0.0691. The van der Waals surface area contributed by atoms with Gasteiger partial charge in [0.2, 0.25) is 0 Å². The molecule has 0 spiro atoms. The number of aromatic carboxylic acids is 1. The van der Waals surface area contributed by atoms with Gasteiger partial charge in [0.05, 0.1) is 16.6 Å². The van der Waals surface area contributed by atoms with Crippen molar-refractivity contribution in [1.29, 1.82) is 0 Å². The average Bonchev–Trinajstić information content (AvgIpc) is 3.46. The number of nitrogens with one attached hydrogen (secondary N) is 3. The van der Waals surface area contributed by atoms with Gasteiger partial charge in [-0.3, -0.25) is 4.79 Å². The molecule has 0 saturated carbocycles. The molecule has 11 nitrogen and oxygen atoms in total. The van der Waals surface area contributed by atoms with Crippen LogP contribution >= 0.6 is 22.9 Å². The second kappa shape index (κ2) is 10.8. The number of H-pyrrole nitrogens is 1. The lowest BCUT2D eigenvalue weighted by Crippen LogP contribution is -2.61. The largest absolute Gasteiger partial charge is 0.476 e. The number of imidazole rings is 1. The number of fused-ring (bicyclic) bond motifs is 1. The Morgan fingerprint density at radius 2 is 2.06 bits per heavy atom. The Kier molecular flexibility index (Phi) is 7.82. The molecule has 35 heavy (non-hydrogen) atoms. The van der Waals surface area contributed by atoms with Crippen molar-refractivity contribution in [3.8, 4) is 0 Å². The van der Waals surface area contributed by atoms with E-state index in [4.69, 9.17) is 11.6 Å². The number of aromatic amines is 1. The quantitative estimate of drug-likeness (QED) is 0.334. The van der Waals surface area contributed by atoms with E-state index in [1.807, 2.05) is 6.92 Å². The highest BCUT2D eigenvalue weighted by molar-refractivity contribution is 7.22. The van der Waals surface area contributed by atoms with E-state index < -0.39 is 5.97 Å². The van der Waals surface area contributed by atoms with Gasteiger partial charge in [-0.15, -0.1) is 5.10 Å². The van der Waals surface area contributed by atoms with Crippen molar-refractivity contribution in [3.05, 3.63) is 28.6 Å². The molecule has 1 fully saturated rings. The smallest absolute Gasteiger partial charge is 0.358 e. The highest BCUT2D eigenvalue weighted by Crippen LogP contribution is 2.32. The van der Waals surface area contributed by atoms with Crippen LogP contribution in [0.4, 0.5) is 5.13 Å². The van der Waals surface area contributed by atoms with Crippen molar-refractivity contribution in [3.63, 3.8) is 0 Å². The minimum absolute atomic E-state index is 0.0455. The summed E-state index contributed by atoms with van der Waals surface area (Å²) in [6, 6.07) is 0.128. The first-order valence-corrected chi connectivity index (χ1v) is 13.0. The number of carbonyl (C=O) groups is 2. The number of piperidine rings is 1. The van der Waals surface area contributed by atoms with E-state index in [1.54, 1.807) is 0 Å². The van der Waals surface area contributed by atoms with Gasteiger partial charge in [-0.25, -0.2) is 14.8 Å². The molecule has 1 saturated heterocycles. The van der Waals surface area contributed by atoms with Gasteiger partial charge in [-0.1, -0.05) is 43.7 Å². The monoisotopic (exact) mass is 520 g/mol. The van der Waals surface area contributed by atoms with Crippen LogP contribution in [-0.2, 0) is 6.42 Å². The fourth-order valence-corrected chi connectivity index (χ4v) is 5.61. The standard InChI is InChI=1S/C22H29ClN8O3S/c1-4-11(5-2)25-15-10-31(22-28-14-9-24-30-16(21(33)34)17(14)35-22)8-7-13(15)27-20(32)19-26-12(6-3)18(23)29-19/h9,11,13,15,25H,4-8,10H2,1-3H3,(H,26,29)(H,27,32)(H,33,34)/t13-,15+/m1/s1. The fourth-order valence-electron chi connectivity index (χ4n) is 4.30. The molecule has 0 unspecified atom stereocenters. The van der Waals surface area contributed by atoms with E-state index in [0.717, 1.165) is 18.5 Å². The summed E-state index contributed by atoms with van der Waals surface area (Å²) in [7, 11) is 0. The third kappa shape index (κ3) is 5.39. The van der Waals surface area contributed by atoms with Gasteiger partial charge in [0, 0.05) is 31.2 Å². The summed E-state index contributed by atoms with van der Waals surface area (Å²) in [6.07, 6.45) is 4.74. The predicted octanol–water partition coefficient (Wildman–Crippen LogP) is 2.88. The zero-order valence-corrected chi connectivity index (χ0v) is 21.4. The maximum Gasteiger partial charge on any atom is 0.358 e. The van der Waals surface area contributed by atoms with E-state index in [-0.39, 0.29) is 29.5 Å². The molecule has 0 radical (unpaired) electrons. The van der Waals surface area contributed by atoms with Crippen LogP contribution < -0.4 is 15.5 Å². The van der Waals surface area contributed by atoms with E-state index in [2.05, 4.69) is 54.5 Å². The van der Waals surface area contributed by atoms with Gasteiger partial charge < -0.3 is 25.6 Å². The van der Waals surface area contributed by atoms with Crippen LogP contribution in [0.25, 0.3) is 10.2 Å². The first-order valence-electron chi connectivity index (χ1n) is 11.8. The molecule has 0 aliphatic carbocycles. The Hall–Kier alpha value is -2.83. The molecule has 4 rings (SSSR count). The molecule has 188 valence electrons. The Morgan fingerprint density at radius 1 is 1.29 bits per heavy atom. The lowest BCUT2D eigenvalue weighted by atomic mass is 9.97. The Balaban J connectivity index is 1.55. The maximum absolute atomic E-state index is 13.0. The SMILES string of the molecule is CCc1[nH]c(C(=O)N[C@@H]2CCN(c3nc4cnnc(C(=O)O)c4s3)C[C@@H]2NC(CC)CC)nc1Cl. The van der Waals surface area contributed by atoms with Crippen LogP contribution in [0.3, 0.4) is 0 Å². The van der Waals surface area contributed by atoms with Crippen LogP contribution in [-0.4, -0.2) is 73.3 Å². The molecular weight excluding hydrogens is 492 g/mol. The van der Waals surface area contributed by atoms with Crippen molar-refractivity contribution in [2.75, 3.05) is 18.0 Å². The lowest BCUT2D eigenvalue weighted by Gasteiger charge is -2.40. The molecule has 1 aliphatic rings. The number of hydrogen-bond donors (Lipinski definition) is 4. The average molecular weight is 521 g/mol. The summed E-state index contributed by atoms with van der Waals surface area (Å²) >= 11 is 7.42. The van der Waals surface area contributed by atoms with Crippen molar-refractivity contribution >= 4 is 50.2 Å². The Labute approximate surface area is 211 Å². The molecule has 3 aromatic rings. The number of hydrogen-bond acceptors (Lipinski definition) is 9. The van der Waals surface area contributed by atoms with Crippen LogP contribution in [0.15, 0.2) is 6.20 Å². The molecule has 13 heteroatoms. The van der Waals surface area contributed by atoms with Crippen LogP contribution in [0.2, 0.25) is 5.15 Å².